The summed E-state index contributed by atoms with van der Waals surface area (Å²) in [5, 5.41) is 0. The zero-order valence-corrected chi connectivity index (χ0v) is 11.9. The summed E-state index contributed by atoms with van der Waals surface area (Å²) in [6.07, 6.45) is 0.966. The number of nitrogens with two attached hydrogens (primary N) is 1. The summed E-state index contributed by atoms with van der Waals surface area (Å²) < 4.78 is 13.2. The Morgan fingerprint density at radius 3 is 2.50 bits per heavy atom. The first-order chi connectivity index (χ1) is 8.41. The minimum absolute atomic E-state index is 0.174. The Labute approximate surface area is 110 Å². The molecule has 0 aliphatic heterocycles. The van der Waals surface area contributed by atoms with Crippen LogP contribution in [0, 0.1) is 11.7 Å². The highest BCUT2D eigenvalue weighted by Crippen LogP contribution is 2.20. The zero-order valence-electron chi connectivity index (χ0n) is 11.9. The summed E-state index contributed by atoms with van der Waals surface area (Å²) >= 11 is 0. The number of rotatable bonds is 6. The molecule has 0 spiro atoms. The molecule has 1 aromatic rings. The van der Waals surface area contributed by atoms with E-state index in [9.17, 15) is 4.39 Å². The average Bonchev–Trinajstić information content (AvgIpc) is 2.34. The van der Waals surface area contributed by atoms with Crippen molar-refractivity contribution in [3.8, 4) is 0 Å². The van der Waals surface area contributed by atoms with Gasteiger partial charge in [0.2, 0.25) is 0 Å². The predicted octanol–water partition coefficient (Wildman–Crippen LogP) is 3.19. The monoisotopic (exact) mass is 252 g/mol. The standard InChI is InChI=1S/C15H25FN2/c1-11(2)15(17)8-9-18(4)12(3)13-6-5-7-14(16)10-13/h5-7,10-12,15H,8-9,17H2,1-4H3. The Balaban J connectivity index is 2.53. The van der Waals surface area contributed by atoms with Crippen LogP contribution in [0.5, 0.6) is 0 Å². The third-order valence-electron chi connectivity index (χ3n) is 3.66. The molecule has 2 N–H and O–H groups in total. The van der Waals surface area contributed by atoms with Crippen LogP contribution in [-0.4, -0.2) is 24.5 Å². The third-order valence-corrected chi connectivity index (χ3v) is 3.66. The van der Waals surface area contributed by atoms with Gasteiger partial charge in [0.15, 0.2) is 0 Å². The molecule has 0 saturated carbocycles. The van der Waals surface area contributed by atoms with Crippen molar-refractivity contribution in [3.05, 3.63) is 35.6 Å². The van der Waals surface area contributed by atoms with E-state index < -0.39 is 0 Å². The van der Waals surface area contributed by atoms with Gasteiger partial charge in [-0.1, -0.05) is 26.0 Å². The van der Waals surface area contributed by atoms with E-state index in [2.05, 4.69) is 32.7 Å². The van der Waals surface area contributed by atoms with Crippen molar-refractivity contribution in [2.24, 2.45) is 11.7 Å². The van der Waals surface area contributed by atoms with Crippen LogP contribution in [0.3, 0.4) is 0 Å². The Hall–Kier alpha value is -0.930. The van der Waals surface area contributed by atoms with Gasteiger partial charge in [0, 0.05) is 12.1 Å². The third kappa shape index (κ3) is 4.39. The number of hydrogen-bond acceptors (Lipinski definition) is 2. The molecule has 3 heteroatoms. The molecule has 2 unspecified atom stereocenters. The molecular weight excluding hydrogens is 227 g/mol. The highest BCUT2D eigenvalue weighted by Gasteiger charge is 2.14. The fourth-order valence-corrected chi connectivity index (χ4v) is 1.90. The predicted molar refractivity (Wildman–Crippen MR) is 74.9 cm³/mol. The van der Waals surface area contributed by atoms with Crippen LogP contribution in [-0.2, 0) is 0 Å². The second-order valence-corrected chi connectivity index (χ2v) is 5.41. The van der Waals surface area contributed by atoms with Gasteiger partial charge in [-0.3, -0.25) is 4.90 Å². The van der Waals surface area contributed by atoms with Crippen LogP contribution in [0.15, 0.2) is 24.3 Å². The number of nitrogens with zero attached hydrogens (tertiary/aromatic N) is 1. The van der Waals surface area contributed by atoms with E-state index in [1.165, 1.54) is 6.07 Å². The van der Waals surface area contributed by atoms with E-state index >= 15 is 0 Å². The fraction of sp³-hybridized carbons (Fsp3) is 0.600. The Kier molecular flexibility index (Phi) is 5.76. The molecule has 0 bridgehead atoms. The topological polar surface area (TPSA) is 29.3 Å². The van der Waals surface area contributed by atoms with Crippen LogP contribution in [0.1, 0.15) is 38.8 Å². The maximum Gasteiger partial charge on any atom is 0.123 e. The Bertz CT molecular complexity index is 365. The Morgan fingerprint density at radius 1 is 1.28 bits per heavy atom. The summed E-state index contributed by atoms with van der Waals surface area (Å²) in [6.45, 7) is 7.30. The van der Waals surface area contributed by atoms with Gasteiger partial charge >= 0.3 is 0 Å². The van der Waals surface area contributed by atoms with Crippen molar-refractivity contribution in [3.63, 3.8) is 0 Å². The maximum absolute atomic E-state index is 13.2. The first kappa shape index (κ1) is 15.1. The fourth-order valence-electron chi connectivity index (χ4n) is 1.90. The molecule has 1 aromatic carbocycles. The van der Waals surface area contributed by atoms with Gasteiger partial charge in [-0.15, -0.1) is 0 Å². The molecule has 0 fully saturated rings. The van der Waals surface area contributed by atoms with E-state index in [0.717, 1.165) is 18.5 Å². The van der Waals surface area contributed by atoms with Gasteiger partial charge < -0.3 is 5.73 Å². The molecule has 2 nitrogen and oxygen atoms in total. The Morgan fingerprint density at radius 2 is 1.94 bits per heavy atom. The van der Waals surface area contributed by atoms with Crippen LogP contribution in [0.25, 0.3) is 0 Å². The molecular formula is C15H25FN2. The van der Waals surface area contributed by atoms with Gasteiger partial charge in [0.1, 0.15) is 5.82 Å². The molecule has 0 amide bonds. The van der Waals surface area contributed by atoms with Gasteiger partial charge in [0.25, 0.3) is 0 Å². The maximum atomic E-state index is 13.2. The molecule has 0 saturated heterocycles. The van der Waals surface area contributed by atoms with Crippen LogP contribution < -0.4 is 5.73 Å². The SMILES string of the molecule is CC(C)C(N)CCN(C)C(C)c1cccc(F)c1. The lowest BCUT2D eigenvalue weighted by atomic mass is 10.0. The highest BCUT2D eigenvalue weighted by atomic mass is 19.1. The van der Waals surface area contributed by atoms with Gasteiger partial charge in [-0.05, 0) is 50.6 Å². The summed E-state index contributed by atoms with van der Waals surface area (Å²) in [7, 11) is 2.06. The lowest BCUT2D eigenvalue weighted by Crippen LogP contribution is -2.32. The summed E-state index contributed by atoms with van der Waals surface area (Å²) in [4.78, 5) is 2.22. The van der Waals surface area contributed by atoms with Crippen molar-refractivity contribution in [2.45, 2.75) is 39.3 Å². The zero-order chi connectivity index (χ0) is 13.7. The smallest absolute Gasteiger partial charge is 0.123 e. The molecule has 18 heavy (non-hydrogen) atoms. The molecule has 0 heterocycles. The quantitative estimate of drug-likeness (QED) is 0.842. The van der Waals surface area contributed by atoms with Gasteiger partial charge in [0.05, 0.1) is 0 Å². The average molecular weight is 252 g/mol. The number of benzene rings is 1. The summed E-state index contributed by atoms with van der Waals surface area (Å²) in [6, 6.07) is 7.24. The molecule has 1 rings (SSSR count). The van der Waals surface area contributed by atoms with Gasteiger partial charge in [-0.2, -0.15) is 0 Å². The second-order valence-electron chi connectivity index (χ2n) is 5.41. The first-order valence-corrected chi connectivity index (χ1v) is 6.63. The lowest BCUT2D eigenvalue weighted by Gasteiger charge is -2.27. The van der Waals surface area contributed by atoms with Crippen molar-refractivity contribution >= 4 is 0 Å². The molecule has 0 aliphatic carbocycles. The van der Waals surface area contributed by atoms with Crippen molar-refractivity contribution in [2.75, 3.05) is 13.6 Å². The molecule has 0 aromatic heterocycles. The van der Waals surface area contributed by atoms with E-state index in [0.29, 0.717) is 5.92 Å². The van der Waals surface area contributed by atoms with Gasteiger partial charge in [-0.25, -0.2) is 4.39 Å². The molecule has 0 aliphatic rings. The lowest BCUT2D eigenvalue weighted by molar-refractivity contribution is 0.243. The summed E-state index contributed by atoms with van der Waals surface area (Å²) in [5.74, 6) is 0.328. The van der Waals surface area contributed by atoms with E-state index in [4.69, 9.17) is 5.73 Å². The molecule has 102 valence electrons. The van der Waals surface area contributed by atoms with Crippen molar-refractivity contribution in [1.82, 2.24) is 4.90 Å². The minimum Gasteiger partial charge on any atom is -0.327 e. The first-order valence-electron chi connectivity index (χ1n) is 6.63. The number of hydrogen-bond donors (Lipinski definition) is 1. The largest absolute Gasteiger partial charge is 0.327 e. The molecule has 2 atom stereocenters. The highest BCUT2D eigenvalue weighted by molar-refractivity contribution is 5.19. The molecule has 0 radical (unpaired) electrons. The van der Waals surface area contributed by atoms with Crippen molar-refractivity contribution in [1.29, 1.82) is 0 Å². The normalized spacial score (nSPS) is 15.1. The van der Waals surface area contributed by atoms with E-state index in [-0.39, 0.29) is 17.9 Å². The second kappa shape index (κ2) is 6.86. The van der Waals surface area contributed by atoms with Crippen LogP contribution >= 0.6 is 0 Å². The van der Waals surface area contributed by atoms with Crippen molar-refractivity contribution < 1.29 is 4.39 Å². The number of halogens is 1. The van der Waals surface area contributed by atoms with E-state index in [1.54, 1.807) is 12.1 Å². The summed E-state index contributed by atoms with van der Waals surface area (Å²) in [5.41, 5.74) is 7.05. The minimum atomic E-state index is -0.174. The van der Waals surface area contributed by atoms with E-state index in [1.807, 2.05) is 6.07 Å². The van der Waals surface area contributed by atoms with Crippen LogP contribution in [0.4, 0.5) is 4.39 Å². The van der Waals surface area contributed by atoms with Crippen LogP contribution in [0.2, 0.25) is 0 Å².